The van der Waals surface area contributed by atoms with Gasteiger partial charge in [0.25, 0.3) is 0 Å². The van der Waals surface area contributed by atoms with Crippen LogP contribution in [0.2, 0.25) is 0 Å². The van der Waals surface area contributed by atoms with Crippen LogP contribution < -0.4 is 4.74 Å². The van der Waals surface area contributed by atoms with Crippen molar-refractivity contribution in [1.29, 1.82) is 5.26 Å². The molecule has 100 valence electrons. The lowest BCUT2D eigenvalue weighted by atomic mass is 10.0. The molecule has 0 spiro atoms. The summed E-state index contributed by atoms with van der Waals surface area (Å²) in [5, 5.41) is 9.01. The number of hydrogen-bond donors (Lipinski definition) is 0. The highest BCUT2D eigenvalue weighted by Crippen LogP contribution is 2.38. The van der Waals surface area contributed by atoms with E-state index in [9.17, 15) is 0 Å². The van der Waals surface area contributed by atoms with Crippen molar-refractivity contribution in [1.82, 2.24) is 4.90 Å². The van der Waals surface area contributed by atoms with Gasteiger partial charge in [-0.25, -0.2) is 0 Å². The Labute approximate surface area is 114 Å². The van der Waals surface area contributed by atoms with Gasteiger partial charge in [-0.2, -0.15) is 5.26 Å². The molecule has 2 aliphatic rings. The van der Waals surface area contributed by atoms with Crippen LogP contribution in [0, 0.1) is 23.2 Å². The summed E-state index contributed by atoms with van der Waals surface area (Å²) in [4.78, 5) is 2.52. The van der Waals surface area contributed by atoms with Crippen LogP contribution >= 0.6 is 0 Å². The normalized spacial score (nSPS) is 26.1. The Balaban J connectivity index is 1.74. The fourth-order valence-electron chi connectivity index (χ4n) is 3.67. The topological polar surface area (TPSA) is 36.3 Å². The second kappa shape index (κ2) is 5.22. The van der Waals surface area contributed by atoms with Gasteiger partial charge in [0.15, 0.2) is 0 Å². The third kappa shape index (κ3) is 2.46. The van der Waals surface area contributed by atoms with Crippen LogP contribution in [-0.4, -0.2) is 25.1 Å². The zero-order valence-electron chi connectivity index (χ0n) is 11.4. The van der Waals surface area contributed by atoms with E-state index < -0.39 is 0 Å². The molecule has 2 atom stereocenters. The van der Waals surface area contributed by atoms with Gasteiger partial charge < -0.3 is 4.74 Å². The molecule has 19 heavy (non-hydrogen) atoms. The van der Waals surface area contributed by atoms with Crippen molar-refractivity contribution in [2.45, 2.75) is 25.8 Å². The number of nitrogens with zero attached hydrogens (tertiary/aromatic N) is 2. The Kier molecular flexibility index (Phi) is 3.44. The molecule has 0 N–H and O–H groups in total. The first-order valence-electron chi connectivity index (χ1n) is 7.09. The Bertz CT molecular complexity index is 494. The highest BCUT2D eigenvalue weighted by Gasteiger charge is 2.35. The fourth-order valence-corrected chi connectivity index (χ4v) is 3.67. The molecule has 1 saturated heterocycles. The molecule has 1 saturated carbocycles. The predicted octanol–water partition coefficient (Wildman–Crippen LogP) is 2.80. The minimum absolute atomic E-state index is 0.718. The summed E-state index contributed by atoms with van der Waals surface area (Å²) in [5.41, 5.74) is 1.86. The van der Waals surface area contributed by atoms with Gasteiger partial charge in [-0.3, -0.25) is 4.90 Å². The largest absolute Gasteiger partial charge is 0.496 e. The molecule has 3 nitrogen and oxygen atoms in total. The van der Waals surface area contributed by atoms with Crippen molar-refractivity contribution in [2.24, 2.45) is 11.8 Å². The van der Waals surface area contributed by atoms with E-state index in [-0.39, 0.29) is 0 Å². The van der Waals surface area contributed by atoms with Gasteiger partial charge >= 0.3 is 0 Å². The SMILES string of the molecule is COc1ccc(C#N)cc1CN1CC2CCCC2C1. The van der Waals surface area contributed by atoms with Crippen LogP contribution in [0.4, 0.5) is 0 Å². The van der Waals surface area contributed by atoms with E-state index in [1.54, 1.807) is 7.11 Å². The number of ether oxygens (including phenoxy) is 1. The van der Waals surface area contributed by atoms with Crippen LogP contribution in [-0.2, 0) is 6.54 Å². The summed E-state index contributed by atoms with van der Waals surface area (Å²) in [7, 11) is 1.70. The van der Waals surface area contributed by atoms with E-state index in [1.165, 1.54) is 32.4 Å². The predicted molar refractivity (Wildman–Crippen MR) is 73.8 cm³/mol. The Morgan fingerprint density at radius 2 is 2.05 bits per heavy atom. The number of hydrogen-bond acceptors (Lipinski definition) is 3. The van der Waals surface area contributed by atoms with Crippen LogP contribution in [0.1, 0.15) is 30.4 Å². The zero-order chi connectivity index (χ0) is 13.2. The first kappa shape index (κ1) is 12.5. The minimum Gasteiger partial charge on any atom is -0.496 e. The lowest BCUT2D eigenvalue weighted by molar-refractivity contribution is 0.296. The quantitative estimate of drug-likeness (QED) is 0.834. The summed E-state index contributed by atoms with van der Waals surface area (Å²) in [5.74, 6) is 2.71. The van der Waals surface area contributed by atoms with E-state index in [1.807, 2.05) is 18.2 Å². The van der Waals surface area contributed by atoms with Crippen LogP contribution in [0.25, 0.3) is 0 Å². The highest BCUT2D eigenvalue weighted by atomic mass is 16.5. The van der Waals surface area contributed by atoms with Crippen LogP contribution in [0.3, 0.4) is 0 Å². The highest BCUT2D eigenvalue weighted by molar-refractivity contribution is 5.42. The Morgan fingerprint density at radius 1 is 1.32 bits per heavy atom. The third-order valence-electron chi connectivity index (χ3n) is 4.61. The maximum absolute atomic E-state index is 9.01. The second-order valence-corrected chi connectivity index (χ2v) is 5.78. The van der Waals surface area contributed by atoms with Crippen molar-refractivity contribution < 1.29 is 4.74 Å². The summed E-state index contributed by atoms with van der Waals surface area (Å²) >= 11 is 0. The van der Waals surface area contributed by atoms with Gasteiger partial charge in [0, 0.05) is 25.2 Å². The molecule has 1 aromatic rings. The van der Waals surface area contributed by atoms with E-state index in [2.05, 4.69) is 11.0 Å². The van der Waals surface area contributed by atoms with Crippen LogP contribution in [0.5, 0.6) is 5.75 Å². The maximum Gasteiger partial charge on any atom is 0.123 e. The third-order valence-corrected chi connectivity index (χ3v) is 4.61. The number of nitriles is 1. The minimum atomic E-state index is 0.718. The number of rotatable bonds is 3. The number of methoxy groups -OCH3 is 1. The van der Waals surface area contributed by atoms with Gasteiger partial charge in [0.2, 0.25) is 0 Å². The molecule has 2 unspecified atom stereocenters. The maximum atomic E-state index is 9.01. The van der Waals surface area contributed by atoms with Crippen molar-refractivity contribution in [3.05, 3.63) is 29.3 Å². The summed E-state index contributed by atoms with van der Waals surface area (Å²) in [6.07, 6.45) is 4.21. The molecule has 1 aliphatic heterocycles. The van der Waals surface area contributed by atoms with E-state index in [0.29, 0.717) is 0 Å². The summed E-state index contributed by atoms with van der Waals surface area (Å²) in [6, 6.07) is 7.90. The van der Waals surface area contributed by atoms with Crippen molar-refractivity contribution in [2.75, 3.05) is 20.2 Å². The molecule has 0 radical (unpaired) electrons. The number of benzene rings is 1. The molecule has 0 bridgehead atoms. The Morgan fingerprint density at radius 3 is 2.68 bits per heavy atom. The molecule has 0 aromatic heterocycles. The molecule has 1 aliphatic carbocycles. The number of likely N-dealkylation sites (tertiary alicyclic amines) is 1. The second-order valence-electron chi connectivity index (χ2n) is 5.78. The van der Waals surface area contributed by atoms with Crippen LogP contribution in [0.15, 0.2) is 18.2 Å². The van der Waals surface area contributed by atoms with Crippen molar-refractivity contribution >= 4 is 0 Å². The van der Waals surface area contributed by atoms with Crippen molar-refractivity contribution in [3.8, 4) is 11.8 Å². The molecule has 2 fully saturated rings. The monoisotopic (exact) mass is 256 g/mol. The average molecular weight is 256 g/mol. The Hall–Kier alpha value is -1.53. The standard InChI is InChI=1S/C16H20N2O/c1-19-16-6-5-12(8-17)7-15(16)11-18-9-13-3-2-4-14(13)10-18/h5-7,13-14H,2-4,9-11H2,1H3. The number of fused-ring (bicyclic) bond motifs is 1. The van der Waals surface area contributed by atoms with E-state index in [4.69, 9.17) is 10.00 Å². The van der Waals surface area contributed by atoms with Crippen molar-refractivity contribution in [3.63, 3.8) is 0 Å². The molecule has 1 heterocycles. The van der Waals surface area contributed by atoms with Gasteiger partial charge in [-0.05, 0) is 42.9 Å². The molecular formula is C16H20N2O. The van der Waals surface area contributed by atoms with E-state index >= 15 is 0 Å². The first-order valence-corrected chi connectivity index (χ1v) is 7.09. The molecule has 0 amide bonds. The lowest BCUT2D eigenvalue weighted by Gasteiger charge is -2.18. The lowest BCUT2D eigenvalue weighted by Crippen LogP contribution is -2.21. The van der Waals surface area contributed by atoms with Gasteiger partial charge in [-0.15, -0.1) is 0 Å². The van der Waals surface area contributed by atoms with Gasteiger partial charge in [0.05, 0.1) is 18.7 Å². The molecule has 3 rings (SSSR count). The molecular weight excluding hydrogens is 236 g/mol. The first-order chi connectivity index (χ1) is 9.30. The molecule has 1 aromatic carbocycles. The summed E-state index contributed by atoms with van der Waals surface area (Å²) in [6.45, 7) is 3.33. The van der Waals surface area contributed by atoms with E-state index in [0.717, 1.165) is 35.3 Å². The molecule has 3 heteroatoms. The van der Waals surface area contributed by atoms with Gasteiger partial charge in [0.1, 0.15) is 5.75 Å². The van der Waals surface area contributed by atoms with Gasteiger partial charge in [-0.1, -0.05) is 6.42 Å². The fraction of sp³-hybridized carbons (Fsp3) is 0.562. The summed E-state index contributed by atoms with van der Waals surface area (Å²) < 4.78 is 5.41. The smallest absolute Gasteiger partial charge is 0.123 e. The zero-order valence-corrected chi connectivity index (χ0v) is 11.4. The average Bonchev–Trinajstić information content (AvgIpc) is 2.99.